The van der Waals surface area contributed by atoms with Gasteiger partial charge in [0.15, 0.2) is 0 Å². The van der Waals surface area contributed by atoms with Gasteiger partial charge in [-0.15, -0.1) is 0 Å². The van der Waals surface area contributed by atoms with Crippen LogP contribution in [0.15, 0.2) is 30.3 Å². The predicted octanol–water partition coefficient (Wildman–Crippen LogP) is 4.37. The zero-order valence-electron chi connectivity index (χ0n) is 16.0. The first-order chi connectivity index (χ1) is 11.8. The number of nitrogens with zero attached hydrogens (tertiary/aromatic N) is 1. The van der Waals surface area contributed by atoms with Crippen LogP contribution in [0.25, 0.3) is 0 Å². The van der Waals surface area contributed by atoms with E-state index in [1.54, 1.807) is 0 Å². The number of rotatable bonds is 5. The summed E-state index contributed by atoms with van der Waals surface area (Å²) in [5, 5.41) is 3.19. The van der Waals surface area contributed by atoms with E-state index in [2.05, 4.69) is 47.5 Å². The van der Waals surface area contributed by atoms with Crippen molar-refractivity contribution in [3.05, 3.63) is 35.9 Å². The Morgan fingerprint density at radius 2 is 1.84 bits per heavy atom. The molecule has 2 fully saturated rings. The number of likely N-dealkylation sites (tertiary alicyclic amines) is 1. The standard InChI is InChI=1S/C21H32N2O2/c1-15(16-8-6-5-7-9-16)23-13-12-18(14-23)19(17-10-11-17)22-20(24)25-21(2,3)4/h5-9,15,17-19H,10-14H2,1-4H3,(H,22,24)/t15-,18?,19?/m1/s1. The molecular formula is C21H32N2O2. The van der Waals surface area contributed by atoms with Crippen LogP contribution in [-0.2, 0) is 4.74 Å². The van der Waals surface area contributed by atoms with E-state index >= 15 is 0 Å². The van der Waals surface area contributed by atoms with Crippen LogP contribution in [0.5, 0.6) is 0 Å². The molecule has 1 heterocycles. The van der Waals surface area contributed by atoms with Crippen LogP contribution in [0.1, 0.15) is 58.6 Å². The Balaban J connectivity index is 1.59. The van der Waals surface area contributed by atoms with Crippen molar-refractivity contribution in [2.24, 2.45) is 11.8 Å². The molecule has 0 aromatic heterocycles. The molecule has 0 bridgehead atoms. The molecule has 1 aromatic rings. The van der Waals surface area contributed by atoms with E-state index in [0.29, 0.717) is 17.9 Å². The van der Waals surface area contributed by atoms with Crippen molar-refractivity contribution in [2.75, 3.05) is 13.1 Å². The van der Waals surface area contributed by atoms with Gasteiger partial charge in [0.25, 0.3) is 0 Å². The number of benzene rings is 1. The van der Waals surface area contributed by atoms with Crippen LogP contribution in [0.2, 0.25) is 0 Å². The maximum Gasteiger partial charge on any atom is 0.407 e. The number of ether oxygens (including phenoxy) is 1. The predicted molar refractivity (Wildman–Crippen MR) is 100 cm³/mol. The molecule has 0 spiro atoms. The highest BCUT2D eigenvalue weighted by atomic mass is 16.6. The van der Waals surface area contributed by atoms with Crippen molar-refractivity contribution < 1.29 is 9.53 Å². The van der Waals surface area contributed by atoms with Gasteiger partial charge in [0.2, 0.25) is 0 Å². The number of hydrogen-bond donors (Lipinski definition) is 1. The lowest BCUT2D eigenvalue weighted by Gasteiger charge is -2.29. The Morgan fingerprint density at radius 3 is 2.44 bits per heavy atom. The Bertz CT molecular complexity index is 577. The highest BCUT2D eigenvalue weighted by molar-refractivity contribution is 5.68. The Morgan fingerprint density at radius 1 is 1.16 bits per heavy atom. The lowest BCUT2D eigenvalue weighted by atomic mass is 9.95. The molecule has 1 aliphatic carbocycles. The number of amides is 1. The van der Waals surface area contributed by atoms with Gasteiger partial charge in [0.05, 0.1) is 0 Å². The number of alkyl carbamates (subject to hydrolysis) is 1. The largest absolute Gasteiger partial charge is 0.444 e. The Kier molecular flexibility index (Phi) is 5.38. The number of hydrogen-bond acceptors (Lipinski definition) is 3. The molecule has 3 rings (SSSR count). The van der Waals surface area contributed by atoms with Crippen LogP contribution in [-0.4, -0.2) is 35.7 Å². The second-order valence-electron chi connectivity index (χ2n) is 8.64. The summed E-state index contributed by atoms with van der Waals surface area (Å²) in [6.45, 7) is 10.2. The van der Waals surface area contributed by atoms with E-state index in [0.717, 1.165) is 19.5 Å². The quantitative estimate of drug-likeness (QED) is 0.862. The molecule has 0 radical (unpaired) electrons. The van der Waals surface area contributed by atoms with Gasteiger partial charge in [-0.25, -0.2) is 4.79 Å². The minimum Gasteiger partial charge on any atom is -0.444 e. The number of carbonyl (C=O) groups is 1. The monoisotopic (exact) mass is 344 g/mol. The second kappa shape index (κ2) is 7.36. The van der Waals surface area contributed by atoms with Gasteiger partial charge >= 0.3 is 6.09 Å². The van der Waals surface area contributed by atoms with Gasteiger partial charge in [-0.1, -0.05) is 30.3 Å². The SMILES string of the molecule is C[C@H](c1ccccc1)N1CCC(C(NC(=O)OC(C)(C)C)C2CC2)C1. The summed E-state index contributed by atoms with van der Waals surface area (Å²) >= 11 is 0. The summed E-state index contributed by atoms with van der Waals surface area (Å²) < 4.78 is 5.49. The third-order valence-corrected chi connectivity index (χ3v) is 5.41. The van der Waals surface area contributed by atoms with E-state index in [4.69, 9.17) is 4.74 Å². The van der Waals surface area contributed by atoms with E-state index in [-0.39, 0.29) is 12.1 Å². The maximum absolute atomic E-state index is 12.2. The fraction of sp³-hybridized carbons (Fsp3) is 0.667. The van der Waals surface area contributed by atoms with Crippen molar-refractivity contribution in [1.29, 1.82) is 0 Å². The van der Waals surface area contributed by atoms with E-state index < -0.39 is 5.60 Å². The van der Waals surface area contributed by atoms with Crippen LogP contribution in [0, 0.1) is 11.8 Å². The molecular weight excluding hydrogens is 312 g/mol. The van der Waals surface area contributed by atoms with Gasteiger partial charge in [0.1, 0.15) is 5.60 Å². The summed E-state index contributed by atoms with van der Waals surface area (Å²) in [4.78, 5) is 14.8. The molecule has 138 valence electrons. The number of carbonyl (C=O) groups excluding carboxylic acids is 1. The molecule has 1 saturated carbocycles. The maximum atomic E-state index is 12.2. The normalized spacial score (nSPS) is 23.9. The molecule has 2 aliphatic rings. The van der Waals surface area contributed by atoms with Crippen LogP contribution >= 0.6 is 0 Å². The fourth-order valence-corrected chi connectivity index (χ4v) is 3.92. The topological polar surface area (TPSA) is 41.6 Å². The van der Waals surface area contributed by atoms with Crippen molar-refractivity contribution in [2.45, 2.75) is 64.6 Å². The molecule has 1 saturated heterocycles. The Hall–Kier alpha value is -1.55. The lowest BCUT2D eigenvalue weighted by molar-refractivity contribution is 0.0476. The molecule has 25 heavy (non-hydrogen) atoms. The fourth-order valence-electron chi connectivity index (χ4n) is 3.92. The summed E-state index contributed by atoms with van der Waals surface area (Å²) in [5.41, 5.74) is 0.924. The molecule has 1 aliphatic heterocycles. The third kappa shape index (κ3) is 4.97. The molecule has 3 atom stereocenters. The lowest BCUT2D eigenvalue weighted by Crippen LogP contribution is -2.45. The van der Waals surface area contributed by atoms with Crippen LogP contribution < -0.4 is 5.32 Å². The van der Waals surface area contributed by atoms with Crippen LogP contribution in [0.4, 0.5) is 4.79 Å². The van der Waals surface area contributed by atoms with Gasteiger partial charge < -0.3 is 10.1 Å². The molecule has 4 heteroatoms. The van der Waals surface area contributed by atoms with Crippen molar-refractivity contribution in [1.82, 2.24) is 10.2 Å². The van der Waals surface area contributed by atoms with E-state index in [9.17, 15) is 4.79 Å². The summed E-state index contributed by atoms with van der Waals surface area (Å²) in [6, 6.07) is 11.4. The summed E-state index contributed by atoms with van der Waals surface area (Å²) in [5.74, 6) is 1.15. The molecule has 2 unspecified atom stereocenters. The highest BCUT2D eigenvalue weighted by Crippen LogP contribution is 2.40. The first kappa shape index (κ1) is 18.2. The smallest absolute Gasteiger partial charge is 0.407 e. The van der Waals surface area contributed by atoms with Crippen molar-refractivity contribution in [3.8, 4) is 0 Å². The Labute approximate surface area is 151 Å². The molecule has 1 N–H and O–H groups in total. The van der Waals surface area contributed by atoms with E-state index in [1.807, 2.05) is 20.8 Å². The first-order valence-electron chi connectivity index (χ1n) is 9.62. The zero-order valence-corrected chi connectivity index (χ0v) is 16.0. The zero-order chi connectivity index (χ0) is 18.0. The van der Waals surface area contributed by atoms with E-state index in [1.165, 1.54) is 18.4 Å². The van der Waals surface area contributed by atoms with Gasteiger partial charge in [0, 0.05) is 18.6 Å². The van der Waals surface area contributed by atoms with Crippen molar-refractivity contribution in [3.63, 3.8) is 0 Å². The molecule has 4 nitrogen and oxygen atoms in total. The van der Waals surface area contributed by atoms with Gasteiger partial charge in [-0.3, -0.25) is 4.90 Å². The van der Waals surface area contributed by atoms with Gasteiger partial charge in [-0.2, -0.15) is 0 Å². The highest BCUT2D eigenvalue weighted by Gasteiger charge is 2.41. The molecule has 1 aromatic carbocycles. The third-order valence-electron chi connectivity index (χ3n) is 5.41. The minimum absolute atomic E-state index is 0.253. The molecule has 1 amide bonds. The average molecular weight is 344 g/mol. The van der Waals surface area contributed by atoms with Gasteiger partial charge in [-0.05, 0) is 70.9 Å². The number of nitrogens with one attached hydrogen (secondary N) is 1. The first-order valence-corrected chi connectivity index (χ1v) is 9.62. The minimum atomic E-state index is -0.443. The summed E-state index contributed by atoms with van der Waals surface area (Å²) in [7, 11) is 0. The second-order valence-corrected chi connectivity index (χ2v) is 8.64. The van der Waals surface area contributed by atoms with Crippen molar-refractivity contribution >= 4 is 6.09 Å². The van der Waals surface area contributed by atoms with Crippen LogP contribution in [0.3, 0.4) is 0 Å². The average Bonchev–Trinajstić information content (AvgIpc) is 3.27. The summed E-state index contributed by atoms with van der Waals surface area (Å²) in [6.07, 6.45) is 3.34.